The molecule has 4 aromatic carbocycles. The molecule has 4 atom stereocenters. The highest BCUT2D eigenvalue weighted by Crippen LogP contribution is 2.44. The number of likely N-dealkylation sites (tertiary alicyclic amines) is 2. The highest BCUT2D eigenvalue weighted by molar-refractivity contribution is 5.89. The van der Waals surface area contributed by atoms with Gasteiger partial charge >= 0.3 is 0 Å². The van der Waals surface area contributed by atoms with E-state index in [0.717, 1.165) is 56.6 Å². The molecule has 6 aromatic rings. The highest BCUT2D eigenvalue weighted by atomic mass is 19.1. The Hall–Kier alpha value is -5.80. The summed E-state index contributed by atoms with van der Waals surface area (Å²) in [5.74, 6) is 7.58. The summed E-state index contributed by atoms with van der Waals surface area (Å²) in [7, 11) is 7.67. The standard InChI is InChI=1S/2C26H29FN2O3.2H3N/c2*1-16-4-5-24(21(27)8-16)32-23-6-7-28-22-12-26(25(30-3)11-20(22)23)31-15-17-9-18-13-29(2)14-19(18)10-17;;/h2*4-8,11-12,17-19H,9-10,13-15H2,1-3H3;2*1H3. The monoisotopic (exact) mass is 906 g/mol. The molecule has 6 N–H and O–H groups in total. The molecule has 4 fully saturated rings. The normalized spacial score (nSPS) is 22.1. The minimum Gasteiger partial charge on any atom is -0.493 e. The van der Waals surface area contributed by atoms with Gasteiger partial charge in [-0.25, -0.2) is 8.78 Å². The predicted octanol–water partition coefficient (Wildman–Crippen LogP) is 11.2. The summed E-state index contributed by atoms with van der Waals surface area (Å²) in [6.07, 6.45) is 8.22. The number of aromatic nitrogens is 2. The summed E-state index contributed by atoms with van der Waals surface area (Å²) in [5.41, 5.74) is 3.12. The Labute approximate surface area is 386 Å². The molecule has 2 aromatic heterocycles. The zero-order valence-corrected chi connectivity index (χ0v) is 39.0. The fraction of sp³-hybridized carbons (Fsp3) is 0.423. The Morgan fingerprint density at radius 1 is 0.500 bits per heavy atom. The number of hydrogen-bond donors (Lipinski definition) is 2. The van der Waals surface area contributed by atoms with Crippen molar-refractivity contribution in [3.8, 4) is 46.0 Å². The molecule has 14 heteroatoms. The van der Waals surface area contributed by atoms with E-state index in [1.165, 1.54) is 64.0 Å². The van der Waals surface area contributed by atoms with E-state index in [9.17, 15) is 8.78 Å². The number of ether oxygens (including phenoxy) is 6. The van der Waals surface area contributed by atoms with Gasteiger partial charge in [0.25, 0.3) is 0 Å². The number of fused-ring (bicyclic) bond motifs is 4. The van der Waals surface area contributed by atoms with Crippen LogP contribution in [0.4, 0.5) is 8.78 Å². The number of halogens is 2. The van der Waals surface area contributed by atoms with Crippen molar-refractivity contribution in [3.05, 3.63) is 108 Å². The van der Waals surface area contributed by atoms with Crippen LogP contribution in [0.3, 0.4) is 0 Å². The molecular formula is C52H64F2N6O6. The maximum atomic E-state index is 14.3. The Morgan fingerprint density at radius 2 is 0.879 bits per heavy atom. The second-order valence-corrected chi connectivity index (χ2v) is 18.5. The first-order chi connectivity index (χ1) is 31.0. The van der Waals surface area contributed by atoms with Gasteiger partial charge in [-0.2, -0.15) is 0 Å². The highest BCUT2D eigenvalue weighted by Gasteiger charge is 2.41. The van der Waals surface area contributed by atoms with Gasteiger partial charge in [-0.1, -0.05) is 12.1 Å². The summed E-state index contributed by atoms with van der Waals surface area (Å²) in [5, 5.41) is 1.49. The smallest absolute Gasteiger partial charge is 0.165 e. The quantitative estimate of drug-likeness (QED) is 0.120. The first kappa shape index (κ1) is 48.1. The minimum absolute atomic E-state index is 0. The van der Waals surface area contributed by atoms with Crippen molar-refractivity contribution in [1.82, 2.24) is 32.1 Å². The number of nitrogens with zero attached hydrogens (tertiary/aromatic N) is 4. The van der Waals surface area contributed by atoms with Crippen LogP contribution in [-0.2, 0) is 0 Å². The van der Waals surface area contributed by atoms with Crippen LogP contribution in [0.5, 0.6) is 46.0 Å². The van der Waals surface area contributed by atoms with Gasteiger partial charge in [0.2, 0.25) is 0 Å². The molecule has 4 aliphatic rings. The third-order valence-electron chi connectivity index (χ3n) is 13.6. The van der Waals surface area contributed by atoms with Crippen molar-refractivity contribution >= 4 is 21.8 Å². The molecule has 10 rings (SSSR count). The zero-order valence-electron chi connectivity index (χ0n) is 39.0. The van der Waals surface area contributed by atoms with Crippen LogP contribution in [0.1, 0.15) is 36.8 Å². The SMILES string of the molecule is COc1cc2c(Oc3ccc(C)cc3F)ccnc2cc1OCC1CC2CN(C)CC2C1.COc1cc2c(Oc3ccc(C)cc3F)ccnc2cc1OCC1CC2CN(C)CC2C1.N.N. The number of rotatable bonds is 12. The molecule has 352 valence electrons. The number of benzene rings is 4. The van der Waals surface area contributed by atoms with Gasteiger partial charge in [-0.3, -0.25) is 9.97 Å². The van der Waals surface area contributed by atoms with Gasteiger partial charge in [0.15, 0.2) is 46.1 Å². The molecule has 2 aliphatic carbocycles. The molecule has 2 aliphatic heterocycles. The van der Waals surface area contributed by atoms with Crippen molar-refractivity contribution in [2.75, 3.05) is 67.7 Å². The van der Waals surface area contributed by atoms with Crippen LogP contribution >= 0.6 is 0 Å². The maximum Gasteiger partial charge on any atom is 0.165 e. The van der Waals surface area contributed by atoms with Crippen molar-refractivity contribution in [2.45, 2.75) is 39.5 Å². The molecule has 2 saturated heterocycles. The van der Waals surface area contributed by atoms with E-state index in [-0.39, 0.29) is 23.8 Å². The zero-order chi connectivity index (χ0) is 44.5. The van der Waals surface area contributed by atoms with E-state index >= 15 is 0 Å². The lowest BCUT2D eigenvalue weighted by Crippen LogP contribution is -2.18. The summed E-state index contributed by atoms with van der Waals surface area (Å²) < 4.78 is 64.1. The number of pyridine rings is 2. The lowest BCUT2D eigenvalue weighted by Gasteiger charge is -2.17. The minimum atomic E-state index is -0.394. The van der Waals surface area contributed by atoms with Crippen molar-refractivity contribution in [2.24, 2.45) is 35.5 Å². The van der Waals surface area contributed by atoms with Crippen LogP contribution < -0.4 is 40.7 Å². The van der Waals surface area contributed by atoms with E-state index < -0.39 is 11.6 Å². The van der Waals surface area contributed by atoms with E-state index in [1.807, 2.05) is 50.2 Å². The molecule has 0 amide bonds. The molecule has 0 bridgehead atoms. The lowest BCUT2D eigenvalue weighted by atomic mass is 10.0. The van der Waals surface area contributed by atoms with Crippen LogP contribution in [0, 0.1) is 61.0 Å². The van der Waals surface area contributed by atoms with Gasteiger partial charge in [0.05, 0.1) is 38.5 Å². The Balaban J connectivity index is 0.000000191. The second-order valence-electron chi connectivity index (χ2n) is 18.5. The van der Waals surface area contributed by atoms with Crippen molar-refractivity contribution in [3.63, 3.8) is 0 Å². The largest absolute Gasteiger partial charge is 0.493 e. The first-order valence-electron chi connectivity index (χ1n) is 22.4. The van der Waals surface area contributed by atoms with E-state index in [1.54, 1.807) is 50.9 Å². The second kappa shape index (κ2) is 20.8. The summed E-state index contributed by atoms with van der Waals surface area (Å²) in [6, 6.07) is 20.8. The predicted molar refractivity (Wildman–Crippen MR) is 254 cm³/mol. The molecule has 4 heterocycles. The fourth-order valence-corrected chi connectivity index (χ4v) is 10.6. The third-order valence-corrected chi connectivity index (χ3v) is 13.6. The van der Waals surface area contributed by atoms with Gasteiger partial charge in [-0.05, 0) is 149 Å². The van der Waals surface area contributed by atoms with Crippen LogP contribution in [0.25, 0.3) is 21.8 Å². The topological polar surface area (TPSA) is 158 Å². The molecule has 0 spiro atoms. The van der Waals surface area contributed by atoms with Gasteiger partial charge in [-0.15, -0.1) is 0 Å². The van der Waals surface area contributed by atoms with E-state index in [0.29, 0.717) is 59.5 Å². The third kappa shape index (κ3) is 10.6. The van der Waals surface area contributed by atoms with Crippen LogP contribution in [0.15, 0.2) is 85.2 Å². The molecule has 2 saturated carbocycles. The van der Waals surface area contributed by atoms with E-state index in [4.69, 9.17) is 28.4 Å². The number of hydrogen-bond acceptors (Lipinski definition) is 12. The number of aryl methyl sites for hydroxylation is 2. The van der Waals surface area contributed by atoms with Gasteiger partial charge in [0, 0.05) is 61.5 Å². The van der Waals surface area contributed by atoms with Crippen molar-refractivity contribution < 1.29 is 37.2 Å². The van der Waals surface area contributed by atoms with Gasteiger partial charge in [0.1, 0.15) is 11.5 Å². The fourth-order valence-electron chi connectivity index (χ4n) is 10.6. The Morgan fingerprint density at radius 3 is 1.23 bits per heavy atom. The van der Waals surface area contributed by atoms with Crippen molar-refractivity contribution in [1.29, 1.82) is 0 Å². The average molecular weight is 907 g/mol. The molecule has 0 radical (unpaired) electrons. The molecule has 66 heavy (non-hydrogen) atoms. The Kier molecular flexibility index (Phi) is 15.2. The first-order valence-corrected chi connectivity index (χ1v) is 22.4. The lowest BCUT2D eigenvalue weighted by molar-refractivity contribution is 0.227. The summed E-state index contributed by atoms with van der Waals surface area (Å²) in [4.78, 5) is 13.8. The van der Waals surface area contributed by atoms with Crippen LogP contribution in [-0.4, -0.2) is 87.5 Å². The average Bonchev–Trinajstić information content (AvgIpc) is 4.03. The van der Waals surface area contributed by atoms with Gasteiger partial charge < -0.3 is 50.5 Å². The van der Waals surface area contributed by atoms with Crippen LogP contribution in [0.2, 0.25) is 0 Å². The molecule has 4 unspecified atom stereocenters. The Bertz CT molecular complexity index is 2430. The maximum absolute atomic E-state index is 14.3. The molecule has 12 nitrogen and oxygen atoms in total. The molecular weight excluding hydrogens is 843 g/mol. The summed E-state index contributed by atoms with van der Waals surface area (Å²) in [6.45, 7) is 9.87. The van der Waals surface area contributed by atoms with E-state index in [2.05, 4.69) is 33.9 Å². The summed E-state index contributed by atoms with van der Waals surface area (Å²) >= 11 is 0. The number of methoxy groups -OCH3 is 2.